The zero-order valence-electron chi connectivity index (χ0n) is 11.4. The van der Waals surface area contributed by atoms with Crippen LogP contribution in [-0.2, 0) is 9.59 Å². The molecule has 0 spiro atoms. The monoisotopic (exact) mass is 253 g/mol. The van der Waals surface area contributed by atoms with E-state index in [0.29, 0.717) is 5.92 Å². The molecule has 0 aromatic heterocycles. The van der Waals surface area contributed by atoms with E-state index in [1.165, 1.54) is 25.7 Å². The van der Waals surface area contributed by atoms with E-state index in [2.05, 4.69) is 5.32 Å². The van der Waals surface area contributed by atoms with Gasteiger partial charge in [-0.2, -0.15) is 0 Å². The topological polar surface area (TPSA) is 66.4 Å². The van der Waals surface area contributed by atoms with Crippen molar-refractivity contribution < 1.29 is 14.7 Å². The van der Waals surface area contributed by atoms with Gasteiger partial charge in [-0.25, -0.2) is 0 Å². The van der Waals surface area contributed by atoms with Gasteiger partial charge < -0.3 is 10.4 Å². The van der Waals surface area contributed by atoms with E-state index in [4.69, 9.17) is 5.11 Å². The van der Waals surface area contributed by atoms with Gasteiger partial charge in [0.25, 0.3) is 0 Å². The Kier molecular flexibility index (Phi) is 3.39. The first-order valence-electron chi connectivity index (χ1n) is 6.89. The number of carboxylic acids is 1. The number of hydrogen-bond acceptors (Lipinski definition) is 2. The molecular weight excluding hydrogens is 230 g/mol. The molecule has 0 bridgehead atoms. The number of carbonyl (C=O) groups excluding carboxylic acids is 1. The van der Waals surface area contributed by atoms with Crippen molar-refractivity contribution in [1.82, 2.24) is 5.32 Å². The standard InChI is InChI=1S/C14H23NO3/c1-8(9-6-4-5-7-9)15-12(16)10-11(13(17)18)14(10,2)3/h8-11H,4-7H2,1-3H3,(H,15,16)(H,17,18)/t8-,10-,11+/m1/s1. The summed E-state index contributed by atoms with van der Waals surface area (Å²) in [6.45, 7) is 5.76. The molecule has 2 fully saturated rings. The van der Waals surface area contributed by atoms with Crippen molar-refractivity contribution >= 4 is 11.9 Å². The lowest BCUT2D eigenvalue weighted by Crippen LogP contribution is -2.39. The second-order valence-electron chi connectivity index (χ2n) is 6.46. The Bertz CT molecular complexity index is 358. The zero-order chi connectivity index (χ0) is 13.5. The molecule has 2 aliphatic rings. The SMILES string of the molecule is C[C@@H](NC(=O)[C@H]1[C@@H](C(=O)O)C1(C)C)C1CCCC1. The maximum Gasteiger partial charge on any atom is 0.307 e. The molecule has 4 nitrogen and oxygen atoms in total. The molecular formula is C14H23NO3. The average molecular weight is 253 g/mol. The summed E-state index contributed by atoms with van der Waals surface area (Å²) in [5.74, 6) is -1.24. The molecule has 0 aromatic carbocycles. The fraction of sp³-hybridized carbons (Fsp3) is 0.857. The molecule has 2 saturated carbocycles. The van der Waals surface area contributed by atoms with Gasteiger partial charge in [-0.1, -0.05) is 26.7 Å². The third-order valence-corrected chi connectivity index (χ3v) is 4.85. The number of hydrogen-bond donors (Lipinski definition) is 2. The van der Waals surface area contributed by atoms with E-state index in [1.807, 2.05) is 20.8 Å². The second kappa shape index (κ2) is 4.56. The van der Waals surface area contributed by atoms with Crippen molar-refractivity contribution in [3.8, 4) is 0 Å². The molecule has 18 heavy (non-hydrogen) atoms. The molecule has 3 atom stereocenters. The Labute approximate surface area is 108 Å². The summed E-state index contributed by atoms with van der Waals surface area (Å²) in [7, 11) is 0. The van der Waals surface area contributed by atoms with Crippen LogP contribution in [0.5, 0.6) is 0 Å². The van der Waals surface area contributed by atoms with Gasteiger partial charge in [-0.05, 0) is 31.1 Å². The lowest BCUT2D eigenvalue weighted by Gasteiger charge is -2.20. The normalized spacial score (nSPS) is 31.9. The van der Waals surface area contributed by atoms with E-state index in [1.54, 1.807) is 0 Å². The molecule has 2 aliphatic carbocycles. The number of nitrogens with one attached hydrogen (secondary N) is 1. The number of rotatable bonds is 4. The highest BCUT2D eigenvalue weighted by Gasteiger charge is 2.65. The zero-order valence-corrected chi connectivity index (χ0v) is 11.4. The summed E-state index contributed by atoms with van der Waals surface area (Å²) >= 11 is 0. The first-order valence-corrected chi connectivity index (χ1v) is 6.89. The Morgan fingerprint density at radius 2 is 1.78 bits per heavy atom. The maximum atomic E-state index is 12.1. The number of carboxylic acid groups (broad SMARTS) is 1. The highest BCUT2D eigenvalue weighted by molar-refractivity contribution is 5.91. The van der Waals surface area contributed by atoms with Crippen LogP contribution >= 0.6 is 0 Å². The van der Waals surface area contributed by atoms with Crippen LogP contribution in [0.3, 0.4) is 0 Å². The van der Waals surface area contributed by atoms with E-state index < -0.39 is 17.3 Å². The van der Waals surface area contributed by atoms with Crippen LogP contribution < -0.4 is 5.32 Å². The maximum absolute atomic E-state index is 12.1. The molecule has 2 rings (SSSR count). The van der Waals surface area contributed by atoms with Gasteiger partial charge in [-0.3, -0.25) is 9.59 Å². The van der Waals surface area contributed by atoms with E-state index >= 15 is 0 Å². The van der Waals surface area contributed by atoms with Gasteiger partial charge in [0.05, 0.1) is 11.8 Å². The molecule has 102 valence electrons. The molecule has 1 amide bonds. The lowest BCUT2D eigenvalue weighted by atomic mass is 9.99. The summed E-state index contributed by atoms with van der Waals surface area (Å²) in [5.41, 5.74) is -0.398. The smallest absolute Gasteiger partial charge is 0.307 e. The minimum Gasteiger partial charge on any atom is -0.481 e. The molecule has 0 heterocycles. The predicted molar refractivity (Wildman–Crippen MR) is 68.0 cm³/mol. The minimum atomic E-state index is -0.853. The summed E-state index contributed by atoms with van der Waals surface area (Å²) in [6.07, 6.45) is 4.85. The summed E-state index contributed by atoms with van der Waals surface area (Å²) in [6, 6.07) is 0.172. The highest BCUT2D eigenvalue weighted by Crippen LogP contribution is 2.58. The van der Waals surface area contributed by atoms with Crippen molar-refractivity contribution in [3.05, 3.63) is 0 Å². The van der Waals surface area contributed by atoms with Crippen molar-refractivity contribution in [2.24, 2.45) is 23.2 Å². The van der Waals surface area contributed by atoms with Gasteiger partial charge in [-0.15, -0.1) is 0 Å². The van der Waals surface area contributed by atoms with E-state index in [-0.39, 0.29) is 17.9 Å². The Hall–Kier alpha value is -1.06. The van der Waals surface area contributed by atoms with E-state index in [9.17, 15) is 9.59 Å². The average Bonchev–Trinajstić information content (AvgIpc) is 2.67. The van der Waals surface area contributed by atoms with Crippen molar-refractivity contribution in [3.63, 3.8) is 0 Å². The van der Waals surface area contributed by atoms with Gasteiger partial charge in [0.15, 0.2) is 0 Å². The van der Waals surface area contributed by atoms with Crippen LogP contribution in [-0.4, -0.2) is 23.0 Å². The van der Waals surface area contributed by atoms with Crippen molar-refractivity contribution in [2.75, 3.05) is 0 Å². The molecule has 0 aliphatic heterocycles. The lowest BCUT2D eigenvalue weighted by molar-refractivity contribution is -0.140. The molecule has 2 N–H and O–H groups in total. The highest BCUT2D eigenvalue weighted by atomic mass is 16.4. The number of aliphatic carboxylic acids is 1. The van der Waals surface area contributed by atoms with Crippen LogP contribution in [0, 0.1) is 23.2 Å². The fourth-order valence-corrected chi connectivity index (χ4v) is 3.48. The third-order valence-electron chi connectivity index (χ3n) is 4.85. The summed E-state index contributed by atoms with van der Waals surface area (Å²) in [5, 5.41) is 12.1. The Morgan fingerprint density at radius 1 is 1.22 bits per heavy atom. The third kappa shape index (κ3) is 2.25. The number of carbonyl (C=O) groups is 2. The van der Waals surface area contributed by atoms with Gasteiger partial charge >= 0.3 is 5.97 Å². The van der Waals surface area contributed by atoms with Gasteiger partial charge in [0.2, 0.25) is 5.91 Å². The van der Waals surface area contributed by atoms with Crippen LogP contribution in [0.4, 0.5) is 0 Å². The van der Waals surface area contributed by atoms with Gasteiger partial charge in [0.1, 0.15) is 0 Å². The second-order valence-corrected chi connectivity index (χ2v) is 6.46. The first kappa shape index (κ1) is 13.4. The first-order chi connectivity index (χ1) is 8.35. The van der Waals surface area contributed by atoms with Crippen molar-refractivity contribution in [2.45, 2.75) is 52.5 Å². The Morgan fingerprint density at radius 3 is 2.22 bits per heavy atom. The predicted octanol–water partition coefficient (Wildman–Crippen LogP) is 2.04. The van der Waals surface area contributed by atoms with Crippen LogP contribution in [0.25, 0.3) is 0 Å². The fourth-order valence-electron chi connectivity index (χ4n) is 3.48. The molecule has 4 heteroatoms. The molecule has 0 aromatic rings. The summed E-state index contributed by atoms with van der Waals surface area (Å²) < 4.78 is 0. The van der Waals surface area contributed by atoms with Crippen molar-refractivity contribution in [1.29, 1.82) is 0 Å². The van der Waals surface area contributed by atoms with Crippen LogP contribution in [0.1, 0.15) is 46.5 Å². The van der Waals surface area contributed by atoms with Crippen LogP contribution in [0.2, 0.25) is 0 Å². The molecule has 0 unspecified atom stereocenters. The van der Waals surface area contributed by atoms with Gasteiger partial charge in [0, 0.05) is 6.04 Å². The van der Waals surface area contributed by atoms with Crippen LogP contribution in [0.15, 0.2) is 0 Å². The van der Waals surface area contributed by atoms with E-state index in [0.717, 1.165) is 0 Å². The number of amides is 1. The quantitative estimate of drug-likeness (QED) is 0.805. The molecule has 0 saturated heterocycles. The Balaban J connectivity index is 1.91. The minimum absolute atomic E-state index is 0.0770. The largest absolute Gasteiger partial charge is 0.481 e. The molecule has 0 radical (unpaired) electrons. The summed E-state index contributed by atoms with van der Waals surface area (Å²) in [4.78, 5) is 23.2.